The number of allylic oxidation sites excluding steroid dienone is 2. The molecule has 3 nitrogen and oxygen atoms in total. The molecule has 0 saturated carbocycles. The van der Waals surface area contributed by atoms with E-state index in [4.69, 9.17) is 0 Å². The van der Waals surface area contributed by atoms with Crippen LogP contribution in [0.5, 0.6) is 0 Å². The van der Waals surface area contributed by atoms with E-state index in [1.807, 2.05) is 36.4 Å². The van der Waals surface area contributed by atoms with E-state index in [1.165, 1.54) is 16.9 Å². The molecule has 110 valence electrons. The lowest BCUT2D eigenvalue weighted by atomic mass is 9.85. The number of aryl methyl sites for hydroxylation is 1. The third kappa shape index (κ3) is 2.53. The van der Waals surface area contributed by atoms with Crippen LogP contribution in [0, 0.1) is 11.8 Å². The summed E-state index contributed by atoms with van der Waals surface area (Å²) in [6.45, 7) is 2.17. The molecule has 0 bridgehead atoms. The molecule has 0 unspecified atom stereocenters. The number of unbranched alkanes of at least 4 members (excludes halogenated alkanes) is 1. The highest BCUT2D eigenvalue weighted by atomic mass is 16.2. The highest BCUT2D eigenvalue weighted by molar-refractivity contribution is 6.22. The second-order valence-electron chi connectivity index (χ2n) is 5.94. The summed E-state index contributed by atoms with van der Waals surface area (Å²) < 4.78 is 0. The van der Waals surface area contributed by atoms with E-state index in [1.54, 1.807) is 0 Å². The maximum Gasteiger partial charge on any atom is 0.238 e. The molecule has 0 aromatic heterocycles. The fourth-order valence-corrected chi connectivity index (χ4v) is 3.25. The first-order valence-electron chi connectivity index (χ1n) is 7.84. The molecule has 1 saturated heterocycles. The fraction of sp³-hybridized carbons (Fsp3) is 0.444. The van der Waals surface area contributed by atoms with Crippen molar-refractivity contribution >= 4 is 17.5 Å². The first-order valence-corrected chi connectivity index (χ1v) is 7.84. The summed E-state index contributed by atoms with van der Waals surface area (Å²) in [5.74, 6) is -0.365. The molecule has 1 aromatic rings. The molecule has 2 aliphatic rings. The van der Waals surface area contributed by atoms with Crippen LogP contribution in [0.3, 0.4) is 0 Å². The maximum atomic E-state index is 12.5. The van der Waals surface area contributed by atoms with E-state index in [0.717, 1.165) is 18.5 Å². The van der Waals surface area contributed by atoms with Crippen LogP contribution in [0.2, 0.25) is 0 Å². The number of nitrogens with zero attached hydrogens (tertiary/aromatic N) is 1. The molecule has 2 amide bonds. The van der Waals surface area contributed by atoms with E-state index < -0.39 is 0 Å². The molecule has 0 N–H and O–H groups in total. The van der Waals surface area contributed by atoms with Gasteiger partial charge in [-0.3, -0.25) is 14.5 Å². The van der Waals surface area contributed by atoms with Crippen molar-refractivity contribution in [3.8, 4) is 0 Å². The molecular formula is C18H21NO2. The summed E-state index contributed by atoms with van der Waals surface area (Å²) in [6.07, 6.45) is 8.81. The molecule has 2 atom stereocenters. The maximum absolute atomic E-state index is 12.5. The Morgan fingerprint density at radius 3 is 2.10 bits per heavy atom. The van der Waals surface area contributed by atoms with Gasteiger partial charge in [-0.1, -0.05) is 37.6 Å². The van der Waals surface area contributed by atoms with Crippen LogP contribution in [0.1, 0.15) is 38.2 Å². The lowest BCUT2D eigenvalue weighted by molar-refractivity contribution is -0.122. The Bertz CT molecular complexity index is 547. The Hall–Kier alpha value is -1.90. The molecular weight excluding hydrogens is 262 g/mol. The molecule has 3 rings (SSSR count). The summed E-state index contributed by atoms with van der Waals surface area (Å²) in [5.41, 5.74) is 1.98. The highest BCUT2D eigenvalue weighted by Crippen LogP contribution is 2.37. The second kappa shape index (κ2) is 5.84. The van der Waals surface area contributed by atoms with Crippen molar-refractivity contribution in [2.45, 2.75) is 39.0 Å². The Kier molecular flexibility index (Phi) is 3.91. The first-order chi connectivity index (χ1) is 10.2. The van der Waals surface area contributed by atoms with E-state index in [-0.39, 0.29) is 23.7 Å². The van der Waals surface area contributed by atoms with Crippen LogP contribution >= 0.6 is 0 Å². The minimum absolute atomic E-state index is 0.0318. The van der Waals surface area contributed by atoms with Crippen LogP contribution in [-0.2, 0) is 16.0 Å². The number of hydrogen-bond acceptors (Lipinski definition) is 2. The molecule has 1 aliphatic carbocycles. The van der Waals surface area contributed by atoms with Gasteiger partial charge in [-0.05, 0) is 43.4 Å². The summed E-state index contributed by atoms with van der Waals surface area (Å²) in [4.78, 5) is 26.4. The molecule has 1 aliphatic heterocycles. The van der Waals surface area contributed by atoms with Gasteiger partial charge in [0.05, 0.1) is 17.5 Å². The SMILES string of the molecule is CCCCc1ccc(N2C(=O)[C@H]3CC=CC[C@@H]3C2=O)cc1. The topological polar surface area (TPSA) is 37.4 Å². The van der Waals surface area contributed by atoms with Crippen molar-refractivity contribution in [1.82, 2.24) is 0 Å². The average Bonchev–Trinajstić information content (AvgIpc) is 2.78. The minimum atomic E-state index is -0.151. The van der Waals surface area contributed by atoms with Gasteiger partial charge in [-0.25, -0.2) is 0 Å². The van der Waals surface area contributed by atoms with Gasteiger partial charge >= 0.3 is 0 Å². The van der Waals surface area contributed by atoms with Crippen molar-refractivity contribution in [3.05, 3.63) is 42.0 Å². The molecule has 1 fully saturated rings. The van der Waals surface area contributed by atoms with E-state index >= 15 is 0 Å². The Balaban J connectivity index is 1.80. The van der Waals surface area contributed by atoms with Gasteiger partial charge < -0.3 is 0 Å². The number of carbonyl (C=O) groups is 2. The molecule has 0 radical (unpaired) electrons. The van der Waals surface area contributed by atoms with Gasteiger partial charge in [0.25, 0.3) is 0 Å². The number of fused-ring (bicyclic) bond motifs is 1. The zero-order valence-corrected chi connectivity index (χ0v) is 12.4. The van der Waals surface area contributed by atoms with Crippen molar-refractivity contribution in [2.24, 2.45) is 11.8 Å². The number of imide groups is 1. The van der Waals surface area contributed by atoms with Gasteiger partial charge in [0.1, 0.15) is 0 Å². The zero-order chi connectivity index (χ0) is 14.8. The Labute approximate surface area is 125 Å². The number of amides is 2. The third-order valence-corrected chi connectivity index (χ3v) is 4.52. The summed E-state index contributed by atoms with van der Waals surface area (Å²) in [6, 6.07) is 7.88. The molecule has 21 heavy (non-hydrogen) atoms. The molecule has 0 spiro atoms. The lowest BCUT2D eigenvalue weighted by Gasteiger charge is -2.15. The fourth-order valence-electron chi connectivity index (χ4n) is 3.25. The lowest BCUT2D eigenvalue weighted by Crippen LogP contribution is -2.30. The molecule has 1 aromatic carbocycles. The number of benzene rings is 1. The van der Waals surface area contributed by atoms with E-state index in [0.29, 0.717) is 12.8 Å². The summed E-state index contributed by atoms with van der Waals surface area (Å²) in [7, 11) is 0. The van der Waals surface area contributed by atoms with Crippen LogP contribution in [0.25, 0.3) is 0 Å². The number of anilines is 1. The van der Waals surface area contributed by atoms with Gasteiger partial charge in [0.2, 0.25) is 11.8 Å². The smallest absolute Gasteiger partial charge is 0.238 e. The number of carbonyl (C=O) groups excluding carboxylic acids is 2. The Morgan fingerprint density at radius 2 is 1.57 bits per heavy atom. The predicted molar refractivity (Wildman–Crippen MR) is 82.9 cm³/mol. The van der Waals surface area contributed by atoms with Gasteiger partial charge in [-0.15, -0.1) is 0 Å². The van der Waals surface area contributed by atoms with Crippen molar-refractivity contribution in [1.29, 1.82) is 0 Å². The van der Waals surface area contributed by atoms with Crippen LogP contribution in [0.4, 0.5) is 5.69 Å². The van der Waals surface area contributed by atoms with Gasteiger partial charge in [0.15, 0.2) is 0 Å². The molecule has 3 heteroatoms. The second-order valence-corrected chi connectivity index (χ2v) is 5.94. The number of hydrogen-bond donors (Lipinski definition) is 0. The number of rotatable bonds is 4. The van der Waals surface area contributed by atoms with E-state index in [9.17, 15) is 9.59 Å². The van der Waals surface area contributed by atoms with Crippen LogP contribution in [-0.4, -0.2) is 11.8 Å². The van der Waals surface area contributed by atoms with Crippen molar-refractivity contribution in [2.75, 3.05) is 4.90 Å². The average molecular weight is 283 g/mol. The predicted octanol–water partition coefficient (Wildman–Crippen LogP) is 3.48. The summed E-state index contributed by atoms with van der Waals surface area (Å²) >= 11 is 0. The standard InChI is InChI=1S/C18H21NO2/c1-2-3-6-13-9-11-14(12-10-13)19-17(20)15-7-4-5-8-16(15)18(19)21/h4-5,9-12,15-16H,2-3,6-8H2,1H3/t15-,16-/m0/s1. The minimum Gasteiger partial charge on any atom is -0.274 e. The highest BCUT2D eigenvalue weighted by Gasteiger charge is 2.47. The monoisotopic (exact) mass is 283 g/mol. The normalized spacial score (nSPS) is 24.5. The molecule has 1 heterocycles. The van der Waals surface area contributed by atoms with Gasteiger partial charge in [0, 0.05) is 0 Å². The summed E-state index contributed by atoms with van der Waals surface area (Å²) in [5, 5.41) is 0. The zero-order valence-electron chi connectivity index (χ0n) is 12.4. The van der Waals surface area contributed by atoms with Crippen LogP contribution < -0.4 is 4.90 Å². The largest absolute Gasteiger partial charge is 0.274 e. The van der Waals surface area contributed by atoms with Gasteiger partial charge in [-0.2, -0.15) is 0 Å². The Morgan fingerprint density at radius 1 is 1.00 bits per heavy atom. The van der Waals surface area contributed by atoms with Crippen molar-refractivity contribution in [3.63, 3.8) is 0 Å². The van der Waals surface area contributed by atoms with Crippen molar-refractivity contribution < 1.29 is 9.59 Å². The quantitative estimate of drug-likeness (QED) is 0.626. The van der Waals surface area contributed by atoms with E-state index in [2.05, 4.69) is 6.92 Å². The third-order valence-electron chi connectivity index (χ3n) is 4.52. The first kappa shape index (κ1) is 14.1. The van der Waals surface area contributed by atoms with Crippen LogP contribution in [0.15, 0.2) is 36.4 Å².